The van der Waals surface area contributed by atoms with E-state index in [1.807, 2.05) is 18.2 Å². The molecule has 0 atom stereocenters. The maximum absolute atomic E-state index is 13.3. The fourth-order valence-corrected chi connectivity index (χ4v) is 5.16. The quantitative estimate of drug-likeness (QED) is 0.489. The topological polar surface area (TPSA) is 97.5 Å². The number of aliphatic hydroxyl groups is 1. The van der Waals surface area contributed by atoms with Crippen LogP contribution < -0.4 is 10.1 Å². The van der Waals surface area contributed by atoms with Gasteiger partial charge in [-0.25, -0.2) is 4.52 Å². The maximum atomic E-state index is 13.3. The van der Waals surface area contributed by atoms with Gasteiger partial charge in [-0.2, -0.15) is 13.8 Å². The summed E-state index contributed by atoms with van der Waals surface area (Å²) in [7, 11) is 0. The minimum atomic E-state index is -3.03. The average molecular weight is 438 g/mol. The second kappa shape index (κ2) is 6.80. The third-order valence-electron chi connectivity index (χ3n) is 6.64. The van der Waals surface area contributed by atoms with Gasteiger partial charge in [0.1, 0.15) is 5.52 Å². The largest absolute Gasteiger partial charge is 0.414 e. The molecule has 2 saturated carbocycles. The molecule has 32 heavy (non-hydrogen) atoms. The van der Waals surface area contributed by atoms with Crippen LogP contribution in [0.1, 0.15) is 32.1 Å². The number of anilines is 1. The van der Waals surface area contributed by atoms with Gasteiger partial charge in [-0.05, 0) is 55.9 Å². The van der Waals surface area contributed by atoms with Gasteiger partial charge in [0.2, 0.25) is 11.8 Å². The van der Waals surface area contributed by atoms with Crippen molar-refractivity contribution in [1.82, 2.24) is 24.6 Å². The summed E-state index contributed by atoms with van der Waals surface area (Å²) in [6.07, 6.45) is 8.48. The van der Waals surface area contributed by atoms with Crippen molar-refractivity contribution in [3.05, 3.63) is 42.9 Å². The molecule has 3 heterocycles. The number of nitrogens with zero attached hydrogens (tertiary/aromatic N) is 5. The first-order valence-electron chi connectivity index (χ1n) is 10.5. The summed E-state index contributed by atoms with van der Waals surface area (Å²) in [5.74, 6) is -0.00905. The van der Waals surface area contributed by atoms with Gasteiger partial charge in [0, 0.05) is 29.7 Å². The van der Waals surface area contributed by atoms with E-state index in [0.717, 1.165) is 23.9 Å². The Hall–Kier alpha value is -3.40. The van der Waals surface area contributed by atoms with E-state index in [9.17, 15) is 13.9 Å². The minimum Gasteiger partial charge on any atom is -0.414 e. The van der Waals surface area contributed by atoms with Crippen molar-refractivity contribution in [1.29, 1.82) is 0 Å². The van der Waals surface area contributed by atoms with E-state index < -0.39 is 12.2 Å². The van der Waals surface area contributed by atoms with Crippen molar-refractivity contribution in [2.75, 3.05) is 5.32 Å². The summed E-state index contributed by atoms with van der Waals surface area (Å²) in [6.45, 7) is -3.03. The van der Waals surface area contributed by atoms with E-state index in [0.29, 0.717) is 35.9 Å². The molecular weight excluding hydrogens is 418 g/mol. The molecule has 2 N–H and O–H groups in total. The Bertz CT molecular complexity index is 1330. The van der Waals surface area contributed by atoms with Crippen LogP contribution in [-0.4, -0.2) is 47.4 Å². The first-order valence-corrected chi connectivity index (χ1v) is 10.5. The van der Waals surface area contributed by atoms with Gasteiger partial charge in [-0.15, -0.1) is 5.10 Å². The van der Waals surface area contributed by atoms with Gasteiger partial charge in [0.05, 0.1) is 16.6 Å². The van der Waals surface area contributed by atoms with Crippen LogP contribution in [-0.2, 0) is 0 Å². The zero-order chi connectivity index (χ0) is 21.9. The molecule has 8 nitrogen and oxygen atoms in total. The van der Waals surface area contributed by atoms with Crippen molar-refractivity contribution in [2.24, 2.45) is 0 Å². The number of hydrogen-bond donors (Lipinski definition) is 2. The molecular formula is C22H20F2N6O2. The summed E-state index contributed by atoms with van der Waals surface area (Å²) in [5.41, 5.74) is 2.20. The molecule has 0 amide bonds. The highest BCUT2D eigenvalue weighted by atomic mass is 19.3. The van der Waals surface area contributed by atoms with E-state index in [4.69, 9.17) is 4.74 Å². The highest BCUT2D eigenvalue weighted by Crippen LogP contribution is 2.51. The summed E-state index contributed by atoms with van der Waals surface area (Å²) < 4.78 is 32.8. The minimum absolute atomic E-state index is 0.200. The SMILES string of the molecule is OC12CCC(Nc3nc(OC(F)F)c4c(-c5ccc6nccnc6c5)ccn4n3)(CC1)C2. The van der Waals surface area contributed by atoms with E-state index in [-0.39, 0.29) is 17.4 Å². The molecule has 2 aliphatic carbocycles. The smallest absolute Gasteiger partial charge is 0.388 e. The zero-order valence-corrected chi connectivity index (χ0v) is 17.0. The van der Waals surface area contributed by atoms with Crippen molar-refractivity contribution < 1.29 is 18.6 Å². The lowest BCUT2D eigenvalue weighted by atomic mass is 9.93. The summed E-state index contributed by atoms with van der Waals surface area (Å²) >= 11 is 0. The standard InChI is InChI=1S/C22H20F2N6O2/c23-19(24)32-18-17-14(13-1-2-15-16(11-13)26-9-8-25-15)3-10-30(17)29-20(27-18)28-21-4-6-22(31,12-21)7-5-21/h1-3,8-11,19,31H,4-7,12H2,(H,28,29). The van der Waals surface area contributed by atoms with Gasteiger partial charge in [0.25, 0.3) is 0 Å². The molecule has 0 unspecified atom stereocenters. The fourth-order valence-electron chi connectivity index (χ4n) is 5.16. The number of nitrogens with one attached hydrogen (secondary N) is 1. The fraction of sp³-hybridized carbons (Fsp3) is 0.364. The molecule has 0 radical (unpaired) electrons. The molecule has 10 heteroatoms. The number of fused-ring (bicyclic) bond motifs is 4. The van der Waals surface area contributed by atoms with Crippen LogP contribution in [0, 0.1) is 0 Å². The first kappa shape index (κ1) is 19.3. The number of rotatable bonds is 5. The van der Waals surface area contributed by atoms with Crippen LogP contribution in [0.2, 0.25) is 0 Å². The Morgan fingerprint density at radius 2 is 1.84 bits per heavy atom. The predicted octanol–water partition coefficient (Wildman–Crippen LogP) is 3.80. The van der Waals surface area contributed by atoms with Gasteiger partial charge >= 0.3 is 6.61 Å². The van der Waals surface area contributed by atoms with Gasteiger partial charge < -0.3 is 15.2 Å². The number of alkyl halides is 2. The molecule has 4 aromatic rings. The predicted molar refractivity (Wildman–Crippen MR) is 113 cm³/mol. The number of hydrogen-bond acceptors (Lipinski definition) is 7. The lowest BCUT2D eigenvalue weighted by molar-refractivity contribution is -0.0519. The van der Waals surface area contributed by atoms with E-state index in [2.05, 4.69) is 25.4 Å². The van der Waals surface area contributed by atoms with Crippen molar-refractivity contribution in [3.8, 4) is 17.0 Å². The van der Waals surface area contributed by atoms with Gasteiger partial charge in [-0.1, -0.05) is 6.07 Å². The molecule has 2 aliphatic rings. The van der Waals surface area contributed by atoms with Crippen LogP contribution in [0.25, 0.3) is 27.7 Å². The molecule has 0 spiro atoms. The Balaban J connectivity index is 1.44. The number of halogens is 2. The van der Waals surface area contributed by atoms with Crippen LogP contribution in [0.15, 0.2) is 42.9 Å². The molecule has 2 bridgehead atoms. The normalized spacial score (nSPS) is 24.6. The molecule has 164 valence electrons. The van der Waals surface area contributed by atoms with E-state index in [1.165, 1.54) is 4.52 Å². The molecule has 3 aromatic heterocycles. The number of ether oxygens (including phenoxy) is 1. The van der Waals surface area contributed by atoms with Crippen LogP contribution >= 0.6 is 0 Å². The third kappa shape index (κ3) is 3.13. The molecule has 1 aromatic carbocycles. The lowest BCUT2D eigenvalue weighted by Gasteiger charge is -2.27. The van der Waals surface area contributed by atoms with Crippen LogP contribution in [0.3, 0.4) is 0 Å². The second-order valence-corrected chi connectivity index (χ2v) is 8.71. The molecule has 6 rings (SSSR count). The van der Waals surface area contributed by atoms with E-state index >= 15 is 0 Å². The van der Waals surface area contributed by atoms with Crippen LogP contribution in [0.5, 0.6) is 5.88 Å². The third-order valence-corrected chi connectivity index (χ3v) is 6.64. The Labute approximate surface area is 181 Å². The van der Waals surface area contributed by atoms with Gasteiger partial charge in [-0.3, -0.25) is 9.97 Å². The maximum Gasteiger partial charge on any atom is 0.388 e. The Morgan fingerprint density at radius 3 is 2.56 bits per heavy atom. The average Bonchev–Trinajstić information content (AvgIpc) is 3.43. The highest BCUT2D eigenvalue weighted by Gasteiger charge is 2.53. The zero-order valence-electron chi connectivity index (χ0n) is 17.0. The first-order chi connectivity index (χ1) is 15.4. The number of aromatic nitrogens is 5. The monoisotopic (exact) mass is 438 g/mol. The summed E-state index contributed by atoms with van der Waals surface area (Å²) in [6, 6.07) is 7.30. The second-order valence-electron chi connectivity index (χ2n) is 8.71. The lowest BCUT2D eigenvalue weighted by Crippen LogP contribution is -2.34. The summed E-state index contributed by atoms with van der Waals surface area (Å²) in [4.78, 5) is 12.9. The van der Waals surface area contributed by atoms with E-state index in [1.54, 1.807) is 24.7 Å². The highest BCUT2D eigenvalue weighted by molar-refractivity contribution is 5.89. The molecule has 0 aliphatic heterocycles. The summed E-state index contributed by atoms with van der Waals surface area (Å²) in [5, 5.41) is 18.3. The van der Waals surface area contributed by atoms with Gasteiger partial charge in [0.15, 0.2) is 0 Å². The van der Waals surface area contributed by atoms with Crippen molar-refractivity contribution in [3.63, 3.8) is 0 Å². The Morgan fingerprint density at radius 1 is 1.06 bits per heavy atom. The molecule has 2 fully saturated rings. The van der Waals surface area contributed by atoms with Crippen molar-refractivity contribution >= 4 is 22.5 Å². The number of benzene rings is 1. The molecule has 0 saturated heterocycles. The van der Waals surface area contributed by atoms with Crippen molar-refractivity contribution in [2.45, 2.75) is 49.9 Å². The Kier molecular flexibility index (Phi) is 4.10. The van der Waals surface area contributed by atoms with Crippen LogP contribution in [0.4, 0.5) is 14.7 Å².